The molecule has 0 heterocycles. The van der Waals surface area contributed by atoms with E-state index in [1.54, 1.807) is 0 Å². The number of hydrogen-bond donors (Lipinski definition) is 2. The molecule has 2 saturated carbocycles. The van der Waals surface area contributed by atoms with Crippen LogP contribution in [0, 0.1) is 24.7 Å². The average Bonchev–Trinajstić information content (AvgIpc) is 3.00. The zero-order valence-electron chi connectivity index (χ0n) is 11.6. The van der Waals surface area contributed by atoms with Gasteiger partial charge < -0.3 is 10.4 Å². The first-order valence-corrected chi connectivity index (χ1v) is 8.07. The van der Waals surface area contributed by atoms with Gasteiger partial charge in [-0.3, -0.25) is 4.79 Å². The van der Waals surface area contributed by atoms with Crippen molar-refractivity contribution in [1.82, 2.24) is 5.32 Å². The molecule has 1 aromatic rings. The van der Waals surface area contributed by atoms with Crippen LogP contribution in [-0.2, 0) is 11.3 Å². The van der Waals surface area contributed by atoms with Gasteiger partial charge in [-0.2, -0.15) is 0 Å². The number of benzene rings is 1. The average molecular weight is 338 g/mol. The Morgan fingerprint density at radius 1 is 1.40 bits per heavy atom. The van der Waals surface area contributed by atoms with Gasteiger partial charge in [-0.25, -0.2) is 0 Å². The fraction of sp³-hybridized carbons (Fsp3) is 0.562. The van der Waals surface area contributed by atoms with Crippen molar-refractivity contribution < 1.29 is 9.90 Å². The lowest BCUT2D eigenvalue weighted by atomic mass is 9.84. The van der Waals surface area contributed by atoms with Gasteiger partial charge in [0.1, 0.15) is 0 Å². The van der Waals surface area contributed by atoms with Crippen molar-refractivity contribution in [3.63, 3.8) is 0 Å². The highest BCUT2D eigenvalue weighted by molar-refractivity contribution is 9.10. The second-order valence-corrected chi connectivity index (χ2v) is 7.04. The molecule has 2 N–H and O–H groups in total. The van der Waals surface area contributed by atoms with Crippen LogP contribution in [0.3, 0.4) is 0 Å². The van der Waals surface area contributed by atoms with E-state index in [2.05, 4.69) is 46.4 Å². The first kappa shape index (κ1) is 14.1. The van der Waals surface area contributed by atoms with Gasteiger partial charge >= 0.3 is 5.97 Å². The summed E-state index contributed by atoms with van der Waals surface area (Å²) in [6, 6.07) is 6.46. The standard InChI is InChI=1S/C16H20BrNO2/c1-9-2-3-10(6-13(9)17)8-18-15-12-5-4-11(7-12)14(15)16(19)20/h2-3,6,11-12,14-15,18H,4-5,7-8H2,1H3,(H,19,20). The van der Waals surface area contributed by atoms with Crippen LogP contribution < -0.4 is 5.32 Å². The highest BCUT2D eigenvalue weighted by Crippen LogP contribution is 2.48. The molecule has 0 saturated heterocycles. The number of carbonyl (C=O) groups is 1. The van der Waals surface area contributed by atoms with Crippen LogP contribution in [0.2, 0.25) is 0 Å². The van der Waals surface area contributed by atoms with E-state index in [0.29, 0.717) is 11.8 Å². The molecule has 0 radical (unpaired) electrons. The van der Waals surface area contributed by atoms with Crippen molar-refractivity contribution in [2.24, 2.45) is 17.8 Å². The summed E-state index contributed by atoms with van der Waals surface area (Å²) >= 11 is 3.55. The Balaban J connectivity index is 1.68. The van der Waals surface area contributed by atoms with Gasteiger partial charge in [-0.1, -0.05) is 28.1 Å². The van der Waals surface area contributed by atoms with Crippen LogP contribution in [0.15, 0.2) is 22.7 Å². The zero-order valence-corrected chi connectivity index (χ0v) is 13.2. The second kappa shape index (κ2) is 5.49. The van der Waals surface area contributed by atoms with Crippen LogP contribution >= 0.6 is 15.9 Å². The van der Waals surface area contributed by atoms with Crippen LogP contribution in [-0.4, -0.2) is 17.1 Å². The maximum atomic E-state index is 11.5. The molecule has 1 aromatic carbocycles. The highest BCUT2D eigenvalue weighted by atomic mass is 79.9. The van der Waals surface area contributed by atoms with Gasteiger partial charge in [0.25, 0.3) is 0 Å². The maximum Gasteiger partial charge on any atom is 0.308 e. The Bertz CT molecular complexity index is 531. The quantitative estimate of drug-likeness (QED) is 0.885. The highest BCUT2D eigenvalue weighted by Gasteiger charge is 2.50. The molecule has 3 nitrogen and oxygen atoms in total. The Morgan fingerprint density at radius 3 is 2.85 bits per heavy atom. The minimum Gasteiger partial charge on any atom is -0.481 e. The third kappa shape index (κ3) is 2.51. The maximum absolute atomic E-state index is 11.5. The van der Waals surface area contributed by atoms with Gasteiger partial charge in [-0.05, 0) is 55.2 Å². The molecule has 2 fully saturated rings. The summed E-state index contributed by atoms with van der Waals surface area (Å²) in [6.45, 7) is 2.81. The molecular formula is C16H20BrNO2. The molecule has 4 atom stereocenters. The van der Waals surface area contributed by atoms with E-state index < -0.39 is 5.97 Å². The summed E-state index contributed by atoms with van der Waals surface area (Å²) in [6.07, 6.45) is 3.37. The Morgan fingerprint density at radius 2 is 2.15 bits per heavy atom. The SMILES string of the molecule is Cc1ccc(CNC2C3CCC(C3)C2C(=O)O)cc1Br. The minimum absolute atomic E-state index is 0.145. The van der Waals surface area contributed by atoms with E-state index in [1.807, 2.05) is 0 Å². The molecule has 0 aromatic heterocycles. The largest absolute Gasteiger partial charge is 0.481 e. The van der Waals surface area contributed by atoms with Crippen LogP contribution in [0.1, 0.15) is 30.4 Å². The van der Waals surface area contributed by atoms with Crippen molar-refractivity contribution in [2.75, 3.05) is 0 Å². The molecule has 0 spiro atoms. The van der Waals surface area contributed by atoms with Gasteiger partial charge in [0, 0.05) is 17.1 Å². The van der Waals surface area contributed by atoms with E-state index in [1.165, 1.54) is 17.5 Å². The number of carboxylic acids is 1. The van der Waals surface area contributed by atoms with E-state index in [0.717, 1.165) is 23.9 Å². The molecule has 0 amide bonds. The van der Waals surface area contributed by atoms with Crippen LogP contribution in [0.5, 0.6) is 0 Å². The van der Waals surface area contributed by atoms with E-state index in [4.69, 9.17) is 0 Å². The summed E-state index contributed by atoms with van der Waals surface area (Å²) in [5, 5.41) is 12.9. The van der Waals surface area contributed by atoms with E-state index in [-0.39, 0.29) is 12.0 Å². The Kier molecular flexibility index (Phi) is 3.87. The van der Waals surface area contributed by atoms with Crippen molar-refractivity contribution in [3.05, 3.63) is 33.8 Å². The van der Waals surface area contributed by atoms with Crippen molar-refractivity contribution >= 4 is 21.9 Å². The summed E-state index contributed by atoms with van der Waals surface area (Å²) in [5.41, 5.74) is 2.42. The van der Waals surface area contributed by atoms with Crippen LogP contribution in [0.4, 0.5) is 0 Å². The summed E-state index contributed by atoms with van der Waals surface area (Å²) < 4.78 is 1.11. The number of rotatable bonds is 4. The number of carboxylic acid groups (broad SMARTS) is 1. The van der Waals surface area contributed by atoms with Gasteiger partial charge in [-0.15, -0.1) is 0 Å². The van der Waals surface area contributed by atoms with Crippen molar-refractivity contribution in [2.45, 2.75) is 38.8 Å². The predicted octanol–water partition coefficient (Wildman–Crippen LogP) is 3.35. The summed E-state index contributed by atoms with van der Waals surface area (Å²) in [4.78, 5) is 11.5. The molecule has 4 unspecified atom stereocenters. The van der Waals surface area contributed by atoms with Gasteiger partial charge in [0.2, 0.25) is 0 Å². The fourth-order valence-corrected chi connectivity index (χ4v) is 4.35. The molecular weight excluding hydrogens is 318 g/mol. The summed E-state index contributed by atoms with van der Waals surface area (Å²) in [7, 11) is 0. The Hall–Kier alpha value is -0.870. The third-order valence-corrected chi connectivity index (χ3v) is 5.83. The lowest BCUT2D eigenvalue weighted by molar-refractivity contribution is -0.144. The normalized spacial score (nSPS) is 31.7. The van der Waals surface area contributed by atoms with Crippen molar-refractivity contribution in [3.8, 4) is 0 Å². The second-order valence-electron chi connectivity index (χ2n) is 6.19. The molecule has 108 valence electrons. The number of aliphatic carboxylic acids is 1. The fourth-order valence-electron chi connectivity index (χ4n) is 3.92. The molecule has 4 heteroatoms. The molecule has 2 bridgehead atoms. The van der Waals surface area contributed by atoms with E-state index in [9.17, 15) is 9.90 Å². The number of halogens is 1. The molecule has 20 heavy (non-hydrogen) atoms. The molecule has 2 aliphatic carbocycles. The molecule has 0 aliphatic heterocycles. The minimum atomic E-state index is -0.625. The third-order valence-electron chi connectivity index (χ3n) is 4.98. The Labute approximate surface area is 127 Å². The van der Waals surface area contributed by atoms with E-state index >= 15 is 0 Å². The van der Waals surface area contributed by atoms with Gasteiger partial charge in [0.05, 0.1) is 5.92 Å². The number of aryl methyl sites for hydroxylation is 1. The first-order valence-electron chi connectivity index (χ1n) is 7.27. The summed E-state index contributed by atoms with van der Waals surface area (Å²) in [5.74, 6) is 0.122. The first-order chi connectivity index (χ1) is 9.56. The smallest absolute Gasteiger partial charge is 0.308 e. The van der Waals surface area contributed by atoms with Gasteiger partial charge in [0.15, 0.2) is 0 Å². The number of hydrogen-bond acceptors (Lipinski definition) is 2. The van der Waals surface area contributed by atoms with Crippen LogP contribution in [0.25, 0.3) is 0 Å². The molecule has 2 aliphatic rings. The lowest BCUT2D eigenvalue weighted by Crippen LogP contribution is -2.43. The zero-order chi connectivity index (χ0) is 14.3. The number of fused-ring (bicyclic) bond motifs is 2. The monoisotopic (exact) mass is 337 g/mol. The van der Waals surface area contributed by atoms with Crippen molar-refractivity contribution in [1.29, 1.82) is 0 Å². The predicted molar refractivity (Wildman–Crippen MR) is 81.5 cm³/mol. The lowest BCUT2D eigenvalue weighted by Gasteiger charge is -2.29. The number of nitrogens with one attached hydrogen (secondary N) is 1. The topological polar surface area (TPSA) is 49.3 Å². The molecule has 3 rings (SSSR count).